The highest BCUT2D eigenvalue weighted by Gasteiger charge is 1.95. The van der Waals surface area contributed by atoms with Crippen LogP contribution in [0.3, 0.4) is 0 Å². The van der Waals surface area contributed by atoms with Crippen molar-refractivity contribution in [3.8, 4) is 0 Å². The Morgan fingerprint density at radius 2 is 2.60 bits per heavy atom. The molecule has 1 aromatic rings. The topological polar surface area (TPSA) is 30.0 Å². The van der Waals surface area contributed by atoms with Crippen LogP contribution in [0.5, 0.6) is 0 Å². The Bertz CT molecular complexity index is 218. The van der Waals surface area contributed by atoms with Crippen molar-refractivity contribution in [3.63, 3.8) is 0 Å². The molecule has 0 aromatic carbocycles. The number of pyridine rings is 1. The minimum absolute atomic E-state index is 0.120. The summed E-state index contributed by atoms with van der Waals surface area (Å²) in [6, 6.07) is 6.40. The maximum atomic E-state index is 10.6. The third-order valence-electron chi connectivity index (χ3n) is 1.08. The van der Waals surface area contributed by atoms with E-state index in [1.54, 1.807) is 25.3 Å². The van der Waals surface area contributed by atoms with Gasteiger partial charge in [0.15, 0.2) is 0 Å². The highest BCUT2D eigenvalue weighted by Crippen LogP contribution is 1.93. The Balaban J connectivity index is 2.67. The number of carbonyl (C=O) groups excluding carboxylic acids is 1. The lowest BCUT2D eigenvalue weighted by atomic mass is 10.2. The average molecular weight is 134 g/mol. The Hall–Kier alpha value is -1.18. The van der Waals surface area contributed by atoms with Crippen LogP contribution in [-0.2, 0) is 11.2 Å². The van der Waals surface area contributed by atoms with Crippen LogP contribution >= 0.6 is 0 Å². The second-order valence-electron chi connectivity index (χ2n) is 2.11. The van der Waals surface area contributed by atoms with E-state index in [0.29, 0.717) is 6.42 Å². The van der Waals surface area contributed by atoms with Gasteiger partial charge in [-0.3, -0.25) is 9.78 Å². The molecule has 0 N–H and O–H groups in total. The first-order valence-electron chi connectivity index (χ1n) is 3.10. The van der Waals surface area contributed by atoms with Crippen LogP contribution in [0.2, 0.25) is 0 Å². The summed E-state index contributed by atoms with van der Waals surface area (Å²) in [5.41, 5.74) is 0.718. The van der Waals surface area contributed by atoms with Gasteiger partial charge in [0, 0.05) is 18.7 Å². The van der Waals surface area contributed by atoms with Crippen molar-refractivity contribution < 1.29 is 4.79 Å². The molecule has 0 saturated heterocycles. The van der Waals surface area contributed by atoms with Gasteiger partial charge in [0.25, 0.3) is 0 Å². The molecule has 0 atom stereocenters. The summed E-state index contributed by atoms with van der Waals surface area (Å²) >= 11 is 0. The molecule has 0 unspecified atom stereocenters. The van der Waals surface area contributed by atoms with E-state index in [0.717, 1.165) is 5.69 Å². The first-order chi connectivity index (χ1) is 4.79. The number of Topliss-reactive ketones (excluding diaryl/α,β-unsaturated/α-hetero) is 1. The summed E-state index contributed by atoms with van der Waals surface area (Å²) < 4.78 is 0. The van der Waals surface area contributed by atoms with Gasteiger partial charge in [-0.2, -0.15) is 0 Å². The molecule has 1 aromatic heterocycles. The summed E-state index contributed by atoms with van der Waals surface area (Å²) in [5.74, 6) is 0.120. The molecular formula is C8H8NO. The predicted molar refractivity (Wildman–Crippen MR) is 37.5 cm³/mol. The maximum absolute atomic E-state index is 10.6. The van der Waals surface area contributed by atoms with E-state index < -0.39 is 0 Å². The normalized spacial score (nSPS) is 9.30. The minimum Gasteiger partial charge on any atom is -0.300 e. The van der Waals surface area contributed by atoms with E-state index in [9.17, 15) is 4.79 Å². The van der Waals surface area contributed by atoms with Crippen molar-refractivity contribution in [2.24, 2.45) is 0 Å². The van der Waals surface area contributed by atoms with Crippen LogP contribution in [0, 0.1) is 6.07 Å². The predicted octanol–water partition coefficient (Wildman–Crippen LogP) is 1.01. The van der Waals surface area contributed by atoms with Crippen LogP contribution < -0.4 is 0 Å². The Morgan fingerprint density at radius 1 is 1.80 bits per heavy atom. The van der Waals surface area contributed by atoms with Crippen LogP contribution in [0.1, 0.15) is 12.6 Å². The van der Waals surface area contributed by atoms with Crippen molar-refractivity contribution in [3.05, 3.63) is 30.1 Å². The fourth-order valence-corrected chi connectivity index (χ4v) is 0.690. The fourth-order valence-electron chi connectivity index (χ4n) is 0.690. The second-order valence-corrected chi connectivity index (χ2v) is 2.11. The molecule has 0 amide bonds. The number of carbonyl (C=O) groups is 1. The average Bonchev–Trinajstić information content (AvgIpc) is 1.88. The van der Waals surface area contributed by atoms with Gasteiger partial charge in [0.2, 0.25) is 0 Å². The van der Waals surface area contributed by atoms with Crippen molar-refractivity contribution in [2.75, 3.05) is 0 Å². The lowest BCUT2D eigenvalue weighted by molar-refractivity contribution is -0.116. The van der Waals surface area contributed by atoms with Crippen LogP contribution in [0.15, 0.2) is 18.3 Å². The lowest BCUT2D eigenvalue weighted by Crippen LogP contribution is -1.97. The minimum atomic E-state index is 0.120. The van der Waals surface area contributed by atoms with Gasteiger partial charge < -0.3 is 0 Å². The van der Waals surface area contributed by atoms with Gasteiger partial charge in [-0.05, 0) is 13.0 Å². The number of aromatic nitrogens is 1. The zero-order valence-electron chi connectivity index (χ0n) is 5.79. The molecule has 1 heterocycles. The van der Waals surface area contributed by atoms with Crippen LogP contribution in [-0.4, -0.2) is 10.8 Å². The number of hydrogen-bond acceptors (Lipinski definition) is 2. The SMILES string of the molecule is CC(=O)Cc1[c]cccn1. The van der Waals surface area contributed by atoms with Gasteiger partial charge in [0.1, 0.15) is 5.78 Å². The summed E-state index contributed by atoms with van der Waals surface area (Å²) in [4.78, 5) is 14.5. The molecular weight excluding hydrogens is 126 g/mol. The Morgan fingerprint density at radius 3 is 3.10 bits per heavy atom. The zero-order chi connectivity index (χ0) is 7.40. The van der Waals surface area contributed by atoms with E-state index >= 15 is 0 Å². The van der Waals surface area contributed by atoms with Gasteiger partial charge in [-0.1, -0.05) is 6.07 Å². The first-order valence-corrected chi connectivity index (χ1v) is 3.10. The number of rotatable bonds is 2. The molecule has 0 aliphatic rings. The fraction of sp³-hybridized carbons (Fsp3) is 0.250. The summed E-state index contributed by atoms with van der Waals surface area (Å²) in [5, 5.41) is 0. The van der Waals surface area contributed by atoms with Gasteiger partial charge in [-0.25, -0.2) is 0 Å². The monoisotopic (exact) mass is 134 g/mol. The molecule has 1 radical (unpaired) electrons. The molecule has 0 aliphatic heterocycles. The number of hydrogen-bond donors (Lipinski definition) is 0. The van der Waals surface area contributed by atoms with Crippen LogP contribution in [0.25, 0.3) is 0 Å². The van der Waals surface area contributed by atoms with Crippen molar-refractivity contribution in [2.45, 2.75) is 13.3 Å². The molecule has 0 saturated carbocycles. The van der Waals surface area contributed by atoms with Crippen LogP contribution in [0.4, 0.5) is 0 Å². The molecule has 2 nitrogen and oxygen atoms in total. The molecule has 2 heteroatoms. The third-order valence-corrected chi connectivity index (χ3v) is 1.08. The van der Waals surface area contributed by atoms with E-state index in [-0.39, 0.29) is 5.78 Å². The van der Waals surface area contributed by atoms with Gasteiger partial charge >= 0.3 is 0 Å². The lowest BCUT2D eigenvalue weighted by Gasteiger charge is -1.91. The molecule has 1 rings (SSSR count). The van der Waals surface area contributed by atoms with E-state index in [1.165, 1.54) is 0 Å². The quantitative estimate of drug-likeness (QED) is 0.604. The maximum Gasteiger partial charge on any atom is 0.135 e. The summed E-state index contributed by atoms with van der Waals surface area (Å²) in [6.45, 7) is 1.54. The zero-order valence-corrected chi connectivity index (χ0v) is 5.79. The van der Waals surface area contributed by atoms with Crippen molar-refractivity contribution in [1.82, 2.24) is 4.98 Å². The molecule has 0 fully saturated rings. The van der Waals surface area contributed by atoms with Crippen molar-refractivity contribution in [1.29, 1.82) is 0 Å². The Kier molecular flexibility index (Phi) is 2.15. The van der Waals surface area contributed by atoms with E-state index in [4.69, 9.17) is 0 Å². The molecule has 51 valence electrons. The molecule has 10 heavy (non-hydrogen) atoms. The Labute approximate surface area is 59.9 Å². The number of ketones is 1. The summed E-state index contributed by atoms with van der Waals surface area (Å²) in [7, 11) is 0. The highest BCUT2D eigenvalue weighted by atomic mass is 16.1. The molecule has 0 aliphatic carbocycles. The second kappa shape index (κ2) is 3.11. The largest absolute Gasteiger partial charge is 0.300 e. The first kappa shape index (κ1) is 6.93. The van der Waals surface area contributed by atoms with Gasteiger partial charge in [0.05, 0.1) is 5.69 Å². The van der Waals surface area contributed by atoms with E-state index in [1.807, 2.05) is 0 Å². The third kappa shape index (κ3) is 1.97. The van der Waals surface area contributed by atoms with Crippen molar-refractivity contribution >= 4 is 5.78 Å². The number of nitrogens with zero attached hydrogens (tertiary/aromatic N) is 1. The smallest absolute Gasteiger partial charge is 0.135 e. The summed E-state index contributed by atoms with van der Waals surface area (Å²) in [6.07, 6.45) is 2.05. The molecule has 0 bridgehead atoms. The standard InChI is InChI=1S/C8H8NO/c1-7(10)6-8-4-2-3-5-9-8/h2-3,5H,6H2,1H3. The van der Waals surface area contributed by atoms with E-state index in [2.05, 4.69) is 11.1 Å². The van der Waals surface area contributed by atoms with Gasteiger partial charge in [-0.15, -0.1) is 0 Å². The highest BCUT2D eigenvalue weighted by molar-refractivity contribution is 5.77. The molecule has 0 spiro atoms.